The van der Waals surface area contributed by atoms with E-state index in [1.807, 2.05) is 48.5 Å². The van der Waals surface area contributed by atoms with Crippen molar-refractivity contribution in [2.24, 2.45) is 0 Å². The van der Waals surface area contributed by atoms with E-state index in [4.69, 9.17) is 59.8 Å². The lowest BCUT2D eigenvalue weighted by Crippen LogP contribution is -2.18. The zero-order valence-corrected chi connectivity index (χ0v) is 27.9. The molecule has 0 saturated carbocycles. The molecule has 0 radical (unpaired) electrons. The third-order valence-corrected chi connectivity index (χ3v) is 6.19. The molecule has 0 fully saturated rings. The molecular weight excluding hydrogens is 644 g/mol. The molecule has 0 aliphatic rings. The first-order chi connectivity index (χ1) is 23.5. The largest absolute Gasteiger partial charge is 0.491 e. The van der Waals surface area contributed by atoms with Gasteiger partial charge in [-0.2, -0.15) is 0 Å². The van der Waals surface area contributed by atoms with Crippen molar-refractivity contribution in [3.8, 4) is 11.5 Å². The molecule has 0 bridgehead atoms. The van der Waals surface area contributed by atoms with E-state index in [2.05, 4.69) is 13.8 Å². The molecule has 14 nitrogen and oxygen atoms in total. The van der Waals surface area contributed by atoms with Crippen LogP contribution in [0.4, 0.5) is 0 Å². The minimum Gasteiger partial charge on any atom is -0.491 e. The minimum atomic E-state index is -1.06. The zero-order valence-electron chi connectivity index (χ0n) is 27.9. The molecule has 3 aromatic carbocycles. The first-order valence-corrected chi connectivity index (χ1v) is 15.4. The van der Waals surface area contributed by atoms with Crippen LogP contribution in [0.15, 0.2) is 72.8 Å². The highest BCUT2D eigenvalue weighted by Gasteiger charge is 2.23. The monoisotopic (exact) mass is 694 g/mol. The zero-order chi connectivity index (χ0) is 36.9. The van der Waals surface area contributed by atoms with Crippen LogP contribution in [0, 0.1) is 0 Å². The Morgan fingerprint density at radius 1 is 0.469 bits per heavy atom. The molecule has 14 heteroatoms. The maximum absolute atomic E-state index is 10.3. The van der Waals surface area contributed by atoms with Crippen LogP contribution in [-0.2, 0) is 14.9 Å². The Bertz CT molecular complexity index is 1150. The second-order valence-corrected chi connectivity index (χ2v) is 10.1. The highest BCUT2D eigenvalue weighted by Crippen LogP contribution is 2.33. The van der Waals surface area contributed by atoms with E-state index in [1.165, 1.54) is 35.4 Å². The first-order valence-electron chi connectivity index (χ1n) is 15.4. The van der Waals surface area contributed by atoms with Gasteiger partial charge >= 0.3 is 11.9 Å². The topological polar surface area (TPSA) is 233 Å². The van der Waals surface area contributed by atoms with Gasteiger partial charge in [-0.15, -0.1) is 0 Å². The van der Waals surface area contributed by atoms with Crippen LogP contribution in [0.3, 0.4) is 0 Å². The number of benzene rings is 3. The lowest BCUT2D eigenvalue weighted by molar-refractivity contribution is 0.0222. The number of aliphatic hydroxyl groups excluding tert-OH is 6. The van der Waals surface area contributed by atoms with Gasteiger partial charge in [-0.25, -0.2) is 9.59 Å². The number of carboxylic acids is 2. The van der Waals surface area contributed by atoms with Crippen LogP contribution in [0.2, 0.25) is 0 Å². The molecule has 0 saturated heterocycles. The number of carbonyl (C=O) groups is 2. The number of rotatable bonds is 18. The summed E-state index contributed by atoms with van der Waals surface area (Å²) >= 11 is 0. The smallest absolute Gasteiger partial charge is 0.335 e. The Labute approximate surface area is 286 Å². The van der Waals surface area contributed by atoms with Crippen LogP contribution in [0.25, 0.3) is 0 Å². The quantitative estimate of drug-likeness (QED) is 0.0888. The van der Waals surface area contributed by atoms with Gasteiger partial charge in [0.15, 0.2) is 0 Å². The standard InChI is InChI=1S/C19H24O4.C8H6O4.C6H14O4.C2H6O2/c1-19(2,15-3-7-17(8-4-15)22-13-11-20)16-5-9-18(10-6-16)23-14-12-21;9-7(10)5-1-2-6(4-3-5)8(11)12;7-1-3-9-5-6-10-4-2-8;3-1-2-4/h3-10,20-21H,11-14H2,1-2H3;1-4H,(H,9,10)(H,11,12);7-8H,1-6H2;3-4H,1-2H2. The van der Waals surface area contributed by atoms with Crippen molar-refractivity contribution in [1.82, 2.24) is 0 Å². The fourth-order valence-corrected chi connectivity index (χ4v) is 3.64. The molecule has 0 aliphatic heterocycles. The van der Waals surface area contributed by atoms with Gasteiger partial charge in [-0.05, 0) is 59.7 Å². The van der Waals surface area contributed by atoms with Gasteiger partial charge in [0.05, 0.1) is 77.2 Å². The number of hydrogen-bond acceptors (Lipinski definition) is 12. The van der Waals surface area contributed by atoms with Gasteiger partial charge in [0, 0.05) is 5.41 Å². The van der Waals surface area contributed by atoms with Crippen molar-refractivity contribution in [2.45, 2.75) is 19.3 Å². The Hall–Kier alpha value is -4.12. The molecule has 0 aromatic heterocycles. The summed E-state index contributed by atoms with van der Waals surface area (Å²) in [4.78, 5) is 20.7. The van der Waals surface area contributed by atoms with Crippen molar-refractivity contribution in [3.05, 3.63) is 95.1 Å². The third-order valence-electron chi connectivity index (χ3n) is 6.19. The lowest BCUT2D eigenvalue weighted by Gasteiger charge is -2.26. The second kappa shape index (κ2) is 27.8. The lowest BCUT2D eigenvalue weighted by atomic mass is 9.78. The van der Waals surface area contributed by atoms with Gasteiger partial charge in [-0.3, -0.25) is 0 Å². The summed E-state index contributed by atoms with van der Waals surface area (Å²) in [7, 11) is 0. The van der Waals surface area contributed by atoms with Crippen molar-refractivity contribution in [1.29, 1.82) is 0 Å². The fraction of sp³-hybridized carbons (Fsp3) is 0.429. The Morgan fingerprint density at radius 2 is 0.776 bits per heavy atom. The molecule has 274 valence electrons. The fourth-order valence-electron chi connectivity index (χ4n) is 3.64. The maximum Gasteiger partial charge on any atom is 0.335 e. The first kappa shape index (κ1) is 44.9. The van der Waals surface area contributed by atoms with E-state index < -0.39 is 11.9 Å². The van der Waals surface area contributed by atoms with Crippen molar-refractivity contribution in [3.63, 3.8) is 0 Å². The highest BCUT2D eigenvalue weighted by molar-refractivity contribution is 5.91. The van der Waals surface area contributed by atoms with Gasteiger partial charge in [0.2, 0.25) is 0 Å². The third kappa shape index (κ3) is 20.1. The molecular formula is C35H50O14. The number of aliphatic hydroxyl groups is 6. The Morgan fingerprint density at radius 3 is 1.02 bits per heavy atom. The average Bonchev–Trinajstić information content (AvgIpc) is 3.12. The van der Waals surface area contributed by atoms with Crippen LogP contribution in [0.5, 0.6) is 11.5 Å². The van der Waals surface area contributed by atoms with Crippen LogP contribution in [0.1, 0.15) is 45.7 Å². The number of hydrogen-bond donors (Lipinski definition) is 8. The summed E-state index contributed by atoms with van der Waals surface area (Å²) in [5, 5.41) is 66.3. The van der Waals surface area contributed by atoms with Crippen LogP contribution < -0.4 is 9.47 Å². The molecule has 0 aliphatic carbocycles. The van der Waals surface area contributed by atoms with E-state index in [0.717, 1.165) is 11.5 Å². The summed E-state index contributed by atoms with van der Waals surface area (Å²) < 4.78 is 20.5. The predicted molar refractivity (Wildman–Crippen MR) is 181 cm³/mol. The number of carboxylic acid groups (broad SMARTS) is 2. The summed E-state index contributed by atoms with van der Waals surface area (Å²) in [5.74, 6) is -0.614. The molecule has 3 rings (SSSR count). The van der Waals surface area contributed by atoms with Crippen LogP contribution in [-0.4, -0.2) is 132 Å². The molecule has 0 spiro atoms. The molecule has 0 unspecified atom stereocenters. The molecule has 0 amide bonds. The molecule has 8 N–H and O–H groups in total. The summed E-state index contributed by atoms with van der Waals surface area (Å²) in [6.45, 7) is 6.44. The summed E-state index contributed by atoms with van der Waals surface area (Å²) in [6, 6.07) is 20.9. The maximum atomic E-state index is 10.3. The number of aromatic carboxylic acids is 2. The van der Waals surface area contributed by atoms with Crippen molar-refractivity contribution < 1.29 is 69.4 Å². The van der Waals surface area contributed by atoms with Crippen molar-refractivity contribution in [2.75, 3.05) is 79.3 Å². The summed E-state index contributed by atoms with van der Waals surface area (Å²) in [6.07, 6.45) is 0. The number of ether oxygens (including phenoxy) is 4. The highest BCUT2D eigenvalue weighted by atomic mass is 16.5. The summed E-state index contributed by atoms with van der Waals surface area (Å²) in [5.41, 5.74) is 2.38. The van der Waals surface area contributed by atoms with E-state index in [-0.39, 0.29) is 56.2 Å². The van der Waals surface area contributed by atoms with E-state index in [0.29, 0.717) is 39.6 Å². The van der Waals surface area contributed by atoms with E-state index in [1.54, 1.807) is 0 Å². The Balaban J connectivity index is 0.000000742. The van der Waals surface area contributed by atoms with E-state index in [9.17, 15) is 9.59 Å². The predicted octanol–water partition coefficient (Wildman–Crippen LogP) is 1.81. The average molecular weight is 695 g/mol. The van der Waals surface area contributed by atoms with Gasteiger partial charge < -0.3 is 59.8 Å². The molecule has 3 aromatic rings. The molecule has 0 atom stereocenters. The van der Waals surface area contributed by atoms with Crippen molar-refractivity contribution >= 4 is 11.9 Å². The van der Waals surface area contributed by atoms with Crippen LogP contribution >= 0.6 is 0 Å². The Kier molecular flexibility index (Phi) is 25.5. The van der Waals surface area contributed by atoms with Gasteiger partial charge in [0.25, 0.3) is 0 Å². The molecule has 49 heavy (non-hydrogen) atoms. The molecule has 0 heterocycles. The minimum absolute atomic E-state index is 0.0119. The normalized spacial score (nSPS) is 10.3. The van der Waals surface area contributed by atoms with Gasteiger partial charge in [0.1, 0.15) is 24.7 Å². The SMILES string of the molecule is CC(C)(c1ccc(OCCO)cc1)c1ccc(OCCO)cc1.O=C(O)c1ccc(C(=O)O)cc1.OCCO.OCCOCCOCCO. The second-order valence-electron chi connectivity index (χ2n) is 10.1. The van der Waals surface area contributed by atoms with E-state index >= 15 is 0 Å². The van der Waals surface area contributed by atoms with Gasteiger partial charge in [-0.1, -0.05) is 38.1 Å².